The molecule has 2 aliphatic carbocycles. The molecule has 0 spiro atoms. The van der Waals surface area contributed by atoms with Gasteiger partial charge < -0.3 is 5.32 Å². The molecule has 1 aromatic rings. The smallest absolute Gasteiger partial charge is 0.230 e. The second kappa shape index (κ2) is 5.88. The second-order valence-electron chi connectivity index (χ2n) is 6.23. The first kappa shape index (κ1) is 14.1. The Labute approximate surface area is 129 Å². The van der Waals surface area contributed by atoms with Gasteiger partial charge in [0.05, 0.1) is 5.41 Å². The average Bonchev–Trinajstić information content (AvgIpc) is 3.30. The molecule has 2 aliphatic rings. The van der Waals surface area contributed by atoms with Crippen LogP contribution in [0, 0.1) is 5.92 Å². The van der Waals surface area contributed by atoms with E-state index in [0.717, 1.165) is 24.6 Å². The van der Waals surface area contributed by atoms with Gasteiger partial charge in [0, 0.05) is 11.4 Å². The molecule has 2 saturated carbocycles. The van der Waals surface area contributed by atoms with Gasteiger partial charge in [-0.2, -0.15) is 0 Å². The van der Waals surface area contributed by atoms with E-state index in [1.807, 2.05) is 18.2 Å². The minimum atomic E-state index is -0.227. The van der Waals surface area contributed by atoms with Gasteiger partial charge in [0.1, 0.15) is 0 Å². The van der Waals surface area contributed by atoms with Crippen LogP contribution >= 0.6 is 15.9 Å². The summed E-state index contributed by atoms with van der Waals surface area (Å²) in [4.78, 5) is 12.7. The Bertz CT molecular complexity index is 469. The number of alkyl halides is 1. The summed E-state index contributed by atoms with van der Waals surface area (Å²) in [6.07, 6.45) is 6.89. The van der Waals surface area contributed by atoms with Gasteiger partial charge in [-0.1, -0.05) is 59.1 Å². The molecule has 0 saturated heterocycles. The fourth-order valence-electron chi connectivity index (χ4n) is 3.42. The van der Waals surface area contributed by atoms with Crippen LogP contribution in [0.5, 0.6) is 0 Å². The van der Waals surface area contributed by atoms with Crippen LogP contribution in [-0.4, -0.2) is 17.3 Å². The van der Waals surface area contributed by atoms with Crippen LogP contribution in [-0.2, 0) is 10.2 Å². The predicted molar refractivity (Wildman–Crippen MR) is 85.0 cm³/mol. The molecule has 2 atom stereocenters. The van der Waals surface area contributed by atoms with Crippen molar-refractivity contribution >= 4 is 21.8 Å². The largest absolute Gasteiger partial charge is 0.352 e. The van der Waals surface area contributed by atoms with Crippen LogP contribution in [0.4, 0.5) is 0 Å². The van der Waals surface area contributed by atoms with E-state index in [1.54, 1.807) is 0 Å². The highest BCUT2D eigenvalue weighted by atomic mass is 79.9. The van der Waals surface area contributed by atoms with Crippen LogP contribution in [0.15, 0.2) is 30.3 Å². The van der Waals surface area contributed by atoms with Gasteiger partial charge in [-0.05, 0) is 37.2 Å². The molecule has 2 fully saturated rings. The maximum Gasteiger partial charge on any atom is 0.230 e. The summed E-state index contributed by atoms with van der Waals surface area (Å²) in [6.45, 7) is 0. The van der Waals surface area contributed by atoms with E-state index in [2.05, 4.69) is 33.4 Å². The molecule has 108 valence electrons. The van der Waals surface area contributed by atoms with Crippen LogP contribution in [0.1, 0.15) is 44.1 Å². The van der Waals surface area contributed by atoms with E-state index >= 15 is 0 Å². The zero-order valence-corrected chi connectivity index (χ0v) is 13.4. The molecule has 0 heterocycles. The van der Waals surface area contributed by atoms with E-state index in [1.165, 1.54) is 24.8 Å². The fourth-order valence-corrected chi connectivity index (χ4v) is 4.19. The zero-order chi connectivity index (χ0) is 14.0. The first-order chi connectivity index (χ1) is 9.76. The Morgan fingerprint density at radius 3 is 2.55 bits per heavy atom. The highest BCUT2D eigenvalue weighted by molar-refractivity contribution is 9.09. The van der Waals surface area contributed by atoms with Crippen molar-refractivity contribution in [2.75, 3.05) is 5.33 Å². The summed E-state index contributed by atoms with van der Waals surface area (Å²) in [5, 5.41) is 4.35. The van der Waals surface area contributed by atoms with Crippen molar-refractivity contribution in [3.8, 4) is 0 Å². The van der Waals surface area contributed by atoms with E-state index in [0.29, 0.717) is 12.0 Å². The normalized spacial score (nSPS) is 27.9. The monoisotopic (exact) mass is 335 g/mol. The van der Waals surface area contributed by atoms with Crippen LogP contribution < -0.4 is 5.32 Å². The number of halogens is 1. The molecule has 0 aliphatic heterocycles. The second-order valence-corrected chi connectivity index (χ2v) is 6.87. The number of carbonyl (C=O) groups excluding carboxylic acids is 1. The first-order valence-corrected chi connectivity index (χ1v) is 8.81. The van der Waals surface area contributed by atoms with Crippen molar-refractivity contribution in [1.29, 1.82) is 0 Å². The molecular formula is C17H22BrNO. The first-order valence-electron chi connectivity index (χ1n) is 7.69. The summed E-state index contributed by atoms with van der Waals surface area (Å²) in [5.41, 5.74) is 0.957. The quantitative estimate of drug-likeness (QED) is 0.833. The Hall–Kier alpha value is -0.830. The van der Waals surface area contributed by atoms with Crippen molar-refractivity contribution < 1.29 is 4.79 Å². The highest BCUT2D eigenvalue weighted by Gasteiger charge is 2.51. The lowest BCUT2D eigenvalue weighted by molar-refractivity contribution is -0.124. The van der Waals surface area contributed by atoms with Gasteiger partial charge in [0.25, 0.3) is 0 Å². The van der Waals surface area contributed by atoms with Gasteiger partial charge in [-0.25, -0.2) is 0 Å². The van der Waals surface area contributed by atoms with Gasteiger partial charge in [0.2, 0.25) is 5.91 Å². The molecule has 0 bridgehead atoms. The van der Waals surface area contributed by atoms with Gasteiger partial charge in [0.15, 0.2) is 0 Å². The van der Waals surface area contributed by atoms with Crippen LogP contribution in [0.2, 0.25) is 0 Å². The van der Waals surface area contributed by atoms with Gasteiger partial charge >= 0.3 is 0 Å². The maximum atomic E-state index is 12.7. The molecule has 2 unspecified atom stereocenters. The molecule has 1 amide bonds. The van der Waals surface area contributed by atoms with Crippen LogP contribution in [0.25, 0.3) is 0 Å². The number of hydrogen-bond donors (Lipinski definition) is 1. The molecule has 1 N–H and O–H groups in total. The fraction of sp³-hybridized carbons (Fsp3) is 0.588. The van der Waals surface area contributed by atoms with E-state index in [9.17, 15) is 4.79 Å². The summed E-state index contributed by atoms with van der Waals surface area (Å²) in [6, 6.07) is 10.6. The van der Waals surface area contributed by atoms with Crippen LogP contribution in [0.3, 0.4) is 0 Å². The third-order valence-electron chi connectivity index (χ3n) is 4.93. The van der Waals surface area contributed by atoms with Crippen molar-refractivity contribution in [2.24, 2.45) is 5.92 Å². The molecule has 0 radical (unpaired) electrons. The van der Waals surface area contributed by atoms with Crippen molar-refractivity contribution in [3.05, 3.63) is 35.9 Å². The summed E-state index contributed by atoms with van der Waals surface area (Å²) >= 11 is 3.60. The topological polar surface area (TPSA) is 29.1 Å². The summed E-state index contributed by atoms with van der Waals surface area (Å²) in [5.74, 6) is 0.848. The molecule has 1 aromatic carbocycles. The Morgan fingerprint density at radius 1 is 1.20 bits per heavy atom. The SMILES string of the molecule is O=C(NC1CCCCC1CBr)C1(c2ccccc2)CC1. The van der Waals surface area contributed by atoms with Crippen molar-refractivity contribution in [1.82, 2.24) is 5.32 Å². The van der Waals surface area contributed by atoms with Gasteiger partial charge in [-0.15, -0.1) is 0 Å². The number of nitrogens with one attached hydrogen (secondary N) is 1. The Kier molecular flexibility index (Phi) is 4.16. The number of carbonyl (C=O) groups is 1. The lowest BCUT2D eigenvalue weighted by Crippen LogP contribution is -2.46. The predicted octanol–water partition coefficient (Wildman–Crippen LogP) is 3.79. The zero-order valence-electron chi connectivity index (χ0n) is 11.8. The molecule has 0 aromatic heterocycles. The van der Waals surface area contributed by atoms with E-state index < -0.39 is 0 Å². The number of hydrogen-bond acceptors (Lipinski definition) is 1. The number of rotatable bonds is 4. The van der Waals surface area contributed by atoms with E-state index in [-0.39, 0.29) is 11.3 Å². The lowest BCUT2D eigenvalue weighted by atomic mass is 9.85. The average molecular weight is 336 g/mol. The van der Waals surface area contributed by atoms with Crippen molar-refractivity contribution in [2.45, 2.75) is 50.0 Å². The third kappa shape index (κ3) is 2.65. The van der Waals surface area contributed by atoms with Crippen molar-refractivity contribution in [3.63, 3.8) is 0 Å². The maximum absolute atomic E-state index is 12.7. The highest BCUT2D eigenvalue weighted by Crippen LogP contribution is 2.48. The summed E-state index contributed by atoms with van der Waals surface area (Å²) < 4.78 is 0. The third-order valence-corrected chi connectivity index (χ3v) is 5.77. The number of amides is 1. The minimum Gasteiger partial charge on any atom is -0.352 e. The molecule has 2 nitrogen and oxygen atoms in total. The Balaban J connectivity index is 1.70. The lowest BCUT2D eigenvalue weighted by Gasteiger charge is -2.32. The molecular weight excluding hydrogens is 314 g/mol. The Morgan fingerprint density at radius 2 is 1.90 bits per heavy atom. The minimum absolute atomic E-state index is 0.227. The van der Waals surface area contributed by atoms with Gasteiger partial charge in [-0.3, -0.25) is 4.79 Å². The molecule has 3 heteroatoms. The standard InChI is InChI=1S/C17H22BrNO/c18-12-13-6-4-5-9-15(13)19-16(20)17(10-11-17)14-7-2-1-3-8-14/h1-3,7-8,13,15H,4-6,9-12H2,(H,19,20). The summed E-state index contributed by atoms with van der Waals surface area (Å²) in [7, 11) is 0. The molecule has 20 heavy (non-hydrogen) atoms. The number of benzene rings is 1. The van der Waals surface area contributed by atoms with E-state index in [4.69, 9.17) is 0 Å². The molecule has 3 rings (SSSR count).